The Labute approximate surface area is 123 Å². The van der Waals surface area contributed by atoms with Crippen LogP contribution in [0.2, 0.25) is 0 Å². The van der Waals surface area contributed by atoms with E-state index in [9.17, 15) is 0 Å². The summed E-state index contributed by atoms with van der Waals surface area (Å²) in [6.45, 7) is 1.27. The van der Waals surface area contributed by atoms with Crippen LogP contribution in [0.1, 0.15) is 22.7 Å². The number of ether oxygens (including phenoxy) is 3. The largest absolute Gasteiger partial charge is 0.497 e. The number of benzene rings is 2. The van der Waals surface area contributed by atoms with Crippen molar-refractivity contribution in [2.45, 2.75) is 12.5 Å². The second kappa shape index (κ2) is 4.97. The fourth-order valence-corrected chi connectivity index (χ4v) is 3.06. The van der Waals surface area contributed by atoms with E-state index in [1.54, 1.807) is 7.11 Å². The van der Waals surface area contributed by atoms with Gasteiger partial charge in [-0.15, -0.1) is 0 Å². The topological polar surface area (TPSA) is 39.7 Å². The normalized spacial score (nSPS) is 19.2. The predicted molar refractivity (Wildman–Crippen MR) is 79.1 cm³/mol. The van der Waals surface area contributed by atoms with Crippen LogP contribution in [0.3, 0.4) is 0 Å². The third kappa shape index (κ3) is 2.12. The Morgan fingerprint density at radius 1 is 1.14 bits per heavy atom. The number of hydrogen-bond donors (Lipinski definition) is 1. The van der Waals surface area contributed by atoms with Crippen molar-refractivity contribution in [1.29, 1.82) is 0 Å². The summed E-state index contributed by atoms with van der Waals surface area (Å²) in [5.74, 6) is 2.58. The van der Waals surface area contributed by atoms with Crippen LogP contribution < -0.4 is 19.5 Å². The zero-order chi connectivity index (χ0) is 14.2. The number of methoxy groups -OCH3 is 1. The van der Waals surface area contributed by atoms with Crippen LogP contribution in [-0.4, -0.2) is 20.4 Å². The Morgan fingerprint density at radius 3 is 2.86 bits per heavy atom. The molecular weight excluding hydrogens is 266 g/mol. The lowest BCUT2D eigenvalue weighted by atomic mass is 9.89. The van der Waals surface area contributed by atoms with Gasteiger partial charge < -0.3 is 19.5 Å². The van der Waals surface area contributed by atoms with E-state index in [-0.39, 0.29) is 6.04 Å². The Bertz CT molecular complexity index is 684. The third-order valence-electron chi connectivity index (χ3n) is 4.12. The number of rotatable bonds is 2. The summed E-state index contributed by atoms with van der Waals surface area (Å²) in [5.41, 5.74) is 3.79. The molecule has 2 aromatic rings. The standard InChI is InChI=1S/C17H17NO3/c1-19-13-4-2-3-12(7-13)17-14-9-16-15(20-10-21-16)8-11(14)5-6-18-17/h2-4,7-9,17-18H,5-6,10H2,1H3. The van der Waals surface area contributed by atoms with Gasteiger partial charge >= 0.3 is 0 Å². The van der Waals surface area contributed by atoms with Crippen molar-refractivity contribution in [3.05, 3.63) is 53.1 Å². The van der Waals surface area contributed by atoms with Gasteiger partial charge in [0.1, 0.15) is 5.75 Å². The van der Waals surface area contributed by atoms with Gasteiger partial charge in [-0.05, 0) is 47.4 Å². The van der Waals surface area contributed by atoms with E-state index in [0.717, 1.165) is 30.2 Å². The highest BCUT2D eigenvalue weighted by Crippen LogP contribution is 2.40. The second-order valence-corrected chi connectivity index (χ2v) is 5.32. The zero-order valence-corrected chi connectivity index (χ0v) is 11.9. The minimum absolute atomic E-state index is 0.165. The second-order valence-electron chi connectivity index (χ2n) is 5.32. The molecule has 0 spiro atoms. The maximum absolute atomic E-state index is 5.52. The third-order valence-corrected chi connectivity index (χ3v) is 4.12. The van der Waals surface area contributed by atoms with E-state index in [4.69, 9.17) is 14.2 Å². The first kappa shape index (κ1) is 12.5. The van der Waals surface area contributed by atoms with Crippen molar-refractivity contribution in [1.82, 2.24) is 5.32 Å². The van der Waals surface area contributed by atoms with Gasteiger partial charge in [0, 0.05) is 6.54 Å². The SMILES string of the molecule is COc1cccc(C2NCCc3cc4c(cc32)OCO4)c1. The highest BCUT2D eigenvalue weighted by molar-refractivity contribution is 5.52. The lowest BCUT2D eigenvalue weighted by molar-refractivity contribution is 0.174. The first-order chi connectivity index (χ1) is 10.3. The quantitative estimate of drug-likeness (QED) is 0.920. The van der Waals surface area contributed by atoms with E-state index < -0.39 is 0 Å². The molecule has 2 aliphatic rings. The van der Waals surface area contributed by atoms with Gasteiger partial charge in [-0.25, -0.2) is 0 Å². The van der Waals surface area contributed by atoms with Gasteiger partial charge in [-0.3, -0.25) is 0 Å². The maximum Gasteiger partial charge on any atom is 0.231 e. The van der Waals surface area contributed by atoms with Crippen molar-refractivity contribution >= 4 is 0 Å². The molecular formula is C17H17NO3. The van der Waals surface area contributed by atoms with Gasteiger partial charge in [-0.2, -0.15) is 0 Å². The molecule has 0 fully saturated rings. The fraction of sp³-hybridized carbons (Fsp3) is 0.294. The van der Waals surface area contributed by atoms with Crippen molar-refractivity contribution in [2.24, 2.45) is 0 Å². The number of nitrogens with one attached hydrogen (secondary N) is 1. The van der Waals surface area contributed by atoms with Gasteiger partial charge in [0.05, 0.1) is 13.2 Å². The summed E-state index contributed by atoms with van der Waals surface area (Å²) in [7, 11) is 1.69. The molecule has 0 aliphatic carbocycles. The Hall–Kier alpha value is -2.20. The molecule has 1 unspecified atom stereocenters. The molecule has 4 heteroatoms. The zero-order valence-electron chi connectivity index (χ0n) is 11.9. The Morgan fingerprint density at radius 2 is 2.00 bits per heavy atom. The molecule has 0 bridgehead atoms. The lowest BCUT2D eigenvalue weighted by Gasteiger charge is -2.28. The summed E-state index contributed by atoms with van der Waals surface area (Å²) < 4.78 is 16.3. The number of fused-ring (bicyclic) bond motifs is 2. The summed E-state index contributed by atoms with van der Waals surface area (Å²) in [4.78, 5) is 0. The van der Waals surface area contributed by atoms with Crippen LogP contribution >= 0.6 is 0 Å². The van der Waals surface area contributed by atoms with Crippen LogP contribution in [0.4, 0.5) is 0 Å². The van der Waals surface area contributed by atoms with E-state index in [0.29, 0.717) is 6.79 Å². The highest BCUT2D eigenvalue weighted by atomic mass is 16.7. The minimum Gasteiger partial charge on any atom is -0.497 e. The molecule has 4 nitrogen and oxygen atoms in total. The molecule has 1 N–H and O–H groups in total. The van der Waals surface area contributed by atoms with Crippen LogP contribution in [-0.2, 0) is 6.42 Å². The highest BCUT2D eigenvalue weighted by Gasteiger charge is 2.26. The minimum atomic E-state index is 0.165. The molecule has 0 saturated carbocycles. The summed E-state index contributed by atoms with van der Waals surface area (Å²) in [6, 6.07) is 12.6. The van der Waals surface area contributed by atoms with Crippen LogP contribution in [0.25, 0.3) is 0 Å². The molecule has 108 valence electrons. The Kier molecular flexibility index (Phi) is 2.97. The van der Waals surface area contributed by atoms with E-state index in [1.807, 2.05) is 12.1 Å². The van der Waals surface area contributed by atoms with E-state index in [2.05, 4.69) is 29.6 Å². The summed E-state index contributed by atoms with van der Waals surface area (Å²) in [6.07, 6.45) is 1.01. The summed E-state index contributed by atoms with van der Waals surface area (Å²) >= 11 is 0. The molecule has 2 heterocycles. The molecule has 2 aromatic carbocycles. The average Bonchev–Trinajstić information content (AvgIpc) is 2.99. The molecule has 4 rings (SSSR count). The van der Waals surface area contributed by atoms with E-state index >= 15 is 0 Å². The molecule has 0 aromatic heterocycles. The van der Waals surface area contributed by atoms with Crippen molar-refractivity contribution < 1.29 is 14.2 Å². The van der Waals surface area contributed by atoms with Gasteiger partial charge in [-0.1, -0.05) is 12.1 Å². The van der Waals surface area contributed by atoms with Crippen molar-refractivity contribution in [2.75, 3.05) is 20.4 Å². The smallest absolute Gasteiger partial charge is 0.231 e. The monoisotopic (exact) mass is 283 g/mol. The van der Waals surface area contributed by atoms with Crippen LogP contribution in [0, 0.1) is 0 Å². The van der Waals surface area contributed by atoms with Crippen LogP contribution in [0.5, 0.6) is 17.2 Å². The number of hydrogen-bond acceptors (Lipinski definition) is 4. The van der Waals surface area contributed by atoms with Crippen molar-refractivity contribution in [3.63, 3.8) is 0 Å². The van der Waals surface area contributed by atoms with Crippen molar-refractivity contribution in [3.8, 4) is 17.2 Å². The first-order valence-corrected chi connectivity index (χ1v) is 7.15. The lowest BCUT2D eigenvalue weighted by Crippen LogP contribution is -2.30. The molecule has 1 atom stereocenters. The molecule has 21 heavy (non-hydrogen) atoms. The van der Waals surface area contributed by atoms with E-state index in [1.165, 1.54) is 16.7 Å². The first-order valence-electron chi connectivity index (χ1n) is 7.15. The van der Waals surface area contributed by atoms with Gasteiger partial charge in [0.2, 0.25) is 6.79 Å². The molecule has 0 amide bonds. The maximum atomic E-state index is 5.52. The van der Waals surface area contributed by atoms with Crippen LogP contribution in [0.15, 0.2) is 36.4 Å². The Balaban J connectivity index is 1.79. The molecule has 2 aliphatic heterocycles. The predicted octanol–water partition coefficient (Wildman–Crippen LogP) is 2.66. The molecule has 0 saturated heterocycles. The van der Waals surface area contributed by atoms with Gasteiger partial charge in [0.15, 0.2) is 11.5 Å². The average molecular weight is 283 g/mol. The fourth-order valence-electron chi connectivity index (χ4n) is 3.06. The van der Waals surface area contributed by atoms with Gasteiger partial charge in [0.25, 0.3) is 0 Å². The summed E-state index contributed by atoms with van der Waals surface area (Å²) in [5, 5.41) is 3.58. The molecule has 0 radical (unpaired) electrons.